The summed E-state index contributed by atoms with van der Waals surface area (Å²) in [5, 5.41) is 9.30. The van der Waals surface area contributed by atoms with E-state index in [4.69, 9.17) is 9.47 Å². The van der Waals surface area contributed by atoms with Gasteiger partial charge in [0.2, 0.25) is 10.0 Å². The van der Waals surface area contributed by atoms with Crippen LogP contribution in [0.25, 0.3) is 0 Å². The highest BCUT2D eigenvalue weighted by molar-refractivity contribution is 7.89. The molecule has 0 N–H and O–H groups in total. The maximum absolute atomic E-state index is 13.3. The van der Waals surface area contributed by atoms with Gasteiger partial charge in [-0.25, -0.2) is 8.42 Å². The van der Waals surface area contributed by atoms with Gasteiger partial charge in [-0.15, -0.1) is 0 Å². The summed E-state index contributed by atoms with van der Waals surface area (Å²) in [4.78, 5) is 0.0637. The number of nitrogens with zero attached hydrogens (tertiary/aromatic N) is 2. The lowest BCUT2D eigenvalue weighted by molar-refractivity contribution is 0.296. The fourth-order valence-electron chi connectivity index (χ4n) is 3.66. The summed E-state index contributed by atoms with van der Waals surface area (Å²) in [6.45, 7) is 1.63. The molecule has 0 amide bonds. The molecule has 4 rings (SSSR count). The minimum Gasteiger partial charge on any atom is -0.490 e. The van der Waals surface area contributed by atoms with Gasteiger partial charge in [0, 0.05) is 13.0 Å². The van der Waals surface area contributed by atoms with Crippen molar-refractivity contribution in [3.05, 3.63) is 53.6 Å². The smallest absolute Gasteiger partial charge is 0.244 e. The molecule has 2 aromatic carbocycles. The molecule has 0 bridgehead atoms. The average Bonchev–Trinajstić information content (AvgIpc) is 3.08. The predicted octanol–water partition coefficient (Wildman–Crippen LogP) is 3.25. The Labute approximate surface area is 159 Å². The SMILES string of the molecule is N#Cc1ccccc1S(=O)(=O)N1CCCC1c1ccc2c(c1)OCCCO2. The molecular formula is C20H20N2O4S. The molecule has 0 spiro atoms. The Bertz CT molecular complexity index is 997. The monoisotopic (exact) mass is 384 g/mol. The van der Waals surface area contributed by atoms with Crippen molar-refractivity contribution >= 4 is 10.0 Å². The molecule has 2 aromatic rings. The summed E-state index contributed by atoms with van der Waals surface area (Å²) in [6, 6.07) is 13.7. The van der Waals surface area contributed by atoms with Crippen LogP contribution in [0.4, 0.5) is 0 Å². The molecule has 0 aromatic heterocycles. The second-order valence-corrected chi connectivity index (χ2v) is 8.50. The molecule has 2 heterocycles. The van der Waals surface area contributed by atoms with E-state index >= 15 is 0 Å². The lowest BCUT2D eigenvalue weighted by atomic mass is 10.0. The molecule has 1 atom stereocenters. The molecule has 2 aliphatic heterocycles. The number of rotatable bonds is 3. The molecule has 1 unspecified atom stereocenters. The first-order valence-electron chi connectivity index (χ1n) is 9.02. The van der Waals surface area contributed by atoms with Crippen molar-refractivity contribution in [1.29, 1.82) is 5.26 Å². The third-order valence-corrected chi connectivity index (χ3v) is 6.92. The van der Waals surface area contributed by atoms with Crippen molar-refractivity contribution in [3.63, 3.8) is 0 Å². The van der Waals surface area contributed by atoms with E-state index in [0.717, 1.165) is 24.8 Å². The van der Waals surface area contributed by atoms with Crippen LogP contribution in [-0.2, 0) is 10.0 Å². The maximum atomic E-state index is 13.3. The molecule has 140 valence electrons. The van der Waals surface area contributed by atoms with Crippen LogP contribution in [0.1, 0.15) is 36.4 Å². The predicted molar refractivity (Wildman–Crippen MR) is 99.1 cm³/mol. The van der Waals surface area contributed by atoms with Gasteiger partial charge < -0.3 is 9.47 Å². The van der Waals surface area contributed by atoms with Crippen molar-refractivity contribution < 1.29 is 17.9 Å². The standard InChI is InChI=1S/C20H20N2O4S/c21-14-16-5-1-2-7-20(16)27(23,24)22-10-3-6-17(22)15-8-9-18-19(13-15)26-12-4-11-25-18/h1-2,5,7-9,13,17H,3-4,6,10-12H2. The summed E-state index contributed by atoms with van der Waals surface area (Å²) in [6.07, 6.45) is 2.32. The summed E-state index contributed by atoms with van der Waals surface area (Å²) in [7, 11) is -3.77. The van der Waals surface area contributed by atoms with Gasteiger partial charge in [0.15, 0.2) is 11.5 Å². The minimum absolute atomic E-state index is 0.0637. The van der Waals surface area contributed by atoms with Crippen LogP contribution in [0.3, 0.4) is 0 Å². The van der Waals surface area contributed by atoms with E-state index in [9.17, 15) is 13.7 Å². The summed E-state index contributed by atoms with van der Waals surface area (Å²) in [5.41, 5.74) is 1.05. The Morgan fingerprint density at radius 2 is 1.81 bits per heavy atom. The van der Waals surface area contributed by atoms with Crippen molar-refractivity contribution in [1.82, 2.24) is 4.31 Å². The van der Waals surface area contributed by atoms with Crippen LogP contribution in [0.15, 0.2) is 47.4 Å². The van der Waals surface area contributed by atoms with Gasteiger partial charge >= 0.3 is 0 Å². The zero-order chi connectivity index (χ0) is 18.9. The van der Waals surface area contributed by atoms with Gasteiger partial charge in [-0.2, -0.15) is 9.57 Å². The summed E-state index contributed by atoms with van der Waals surface area (Å²) >= 11 is 0. The molecule has 7 heteroatoms. The van der Waals surface area contributed by atoms with E-state index in [2.05, 4.69) is 0 Å². The molecule has 2 aliphatic rings. The molecule has 0 aliphatic carbocycles. The highest BCUT2D eigenvalue weighted by Crippen LogP contribution is 2.40. The van der Waals surface area contributed by atoms with Gasteiger partial charge in [0.25, 0.3) is 0 Å². The van der Waals surface area contributed by atoms with Crippen LogP contribution in [0, 0.1) is 11.3 Å². The van der Waals surface area contributed by atoms with Crippen molar-refractivity contribution in [3.8, 4) is 17.6 Å². The molecule has 1 fully saturated rings. The molecule has 0 radical (unpaired) electrons. The number of fused-ring (bicyclic) bond motifs is 1. The lowest BCUT2D eigenvalue weighted by Crippen LogP contribution is -2.31. The Hall–Kier alpha value is -2.56. The molecule has 6 nitrogen and oxygen atoms in total. The van der Waals surface area contributed by atoms with E-state index in [1.54, 1.807) is 12.1 Å². The molecule has 0 saturated carbocycles. The third-order valence-electron chi connectivity index (χ3n) is 4.95. The number of hydrogen-bond donors (Lipinski definition) is 0. The van der Waals surface area contributed by atoms with Gasteiger partial charge in [-0.3, -0.25) is 0 Å². The Morgan fingerprint density at radius 1 is 1.04 bits per heavy atom. The van der Waals surface area contributed by atoms with Gasteiger partial charge in [0.05, 0.1) is 29.7 Å². The van der Waals surface area contributed by atoms with E-state index in [1.165, 1.54) is 16.4 Å². The van der Waals surface area contributed by atoms with Gasteiger partial charge in [0.1, 0.15) is 6.07 Å². The topological polar surface area (TPSA) is 79.6 Å². The van der Waals surface area contributed by atoms with E-state index in [-0.39, 0.29) is 16.5 Å². The second kappa shape index (κ2) is 7.22. The average molecular weight is 384 g/mol. The Balaban J connectivity index is 1.71. The summed E-state index contributed by atoms with van der Waals surface area (Å²) < 4.78 is 39.4. The van der Waals surface area contributed by atoms with Crippen LogP contribution < -0.4 is 9.47 Å². The van der Waals surface area contributed by atoms with Crippen LogP contribution in [0.5, 0.6) is 11.5 Å². The number of benzene rings is 2. The maximum Gasteiger partial charge on any atom is 0.244 e. The van der Waals surface area contributed by atoms with Gasteiger partial charge in [-0.1, -0.05) is 18.2 Å². The van der Waals surface area contributed by atoms with Gasteiger partial charge in [-0.05, 0) is 42.7 Å². The van der Waals surface area contributed by atoms with Crippen molar-refractivity contribution in [2.45, 2.75) is 30.2 Å². The van der Waals surface area contributed by atoms with Crippen LogP contribution >= 0.6 is 0 Å². The zero-order valence-corrected chi connectivity index (χ0v) is 15.6. The zero-order valence-electron chi connectivity index (χ0n) is 14.8. The first-order chi connectivity index (χ1) is 13.1. The second-order valence-electron chi connectivity index (χ2n) is 6.64. The fourth-order valence-corrected chi connectivity index (χ4v) is 5.48. The number of hydrogen-bond acceptors (Lipinski definition) is 5. The quantitative estimate of drug-likeness (QED) is 0.812. The van der Waals surface area contributed by atoms with Crippen LogP contribution in [-0.4, -0.2) is 32.5 Å². The Morgan fingerprint density at radius 3 is 2.63 bits per heavy atom. The molecular weight excluding hydrogens is 364 g/mol. The highest BCUT2D eigenvalue weighted by Gasteiger charge is 2.37. The van der Waals surface area contributed by atoms with Crippen molar-refractivity contribution in [2.75, 3.05) is 19.8 Å². The first-order valence-corrected chi connectivity index (χ1v) is 10.5. The van der Waals surface area contributed by atoms with E-state index in [1.807, 2.05) is 24.3 Å². The fraction of sp³-hybridized carbons (Fsp3) is 0.350. The molecule has 27 heavy (non-hydrogen) atoms. The summed E-state index contributed by atoms with van der Waals surface area (Å²) in [5.74, 6) is 1.35. The third kappa shape index (κ3) is 3.27. The molecule has 1 saturated heterocycles. The first kappa shape index (κ1) is 17.8. The van der Waals surface area contributed by atoms with Crippen molar-refractivity contribution in [2.24, 2.45) is 0 Å². The number of ether oxygens (including phenoxy) is 2. The number of nitriles is 1. The highest BCUT2D eigenvalue weighted by atomic mass is 32.2. The Kier molecular flexibility index (Phi) is 4.77. The van der Waals surface area contributed by atoms with E-state index in [0.29, 0.717) is 31.3 Å². The minimum atomic E-state index is -3.77. The number of sulfonamides is 1. The van der Waals surface area contributed by atoms with Crippen LogP contribution in [0.2, 0.25) is 0 Å². The van der Waals surface area contributed by atoms with E-state index < -0.39 is 10.0 Å². The normalized spacial score (nSPS) is 20.0. The lowest BCUT2D eigenvalue weighted by Gasteiger charge is -2.25. The largest absolute Gasteiger partial charge is 0.490 e.